The lowest BCUT2D eigenvalue weighted by Gasteiger charge is -2.10. The van der Waals surface area contributed by atoms with Gasteiger partial charge in [-0.2, -0.15) is 0 Å². The second-order valence-corrected chi connectivity index (χ2v) is 6.58. The van der Waals surface area contributed by atoms with Gasteiger partial charge in [-0.1, -0.05) is 0 Å². The Balaban J connectivity index is 3.28. The zero-order valence-electron chi connectivity index (χ0n) is 7.66. The highest BCUT2D eigenvalue weighted by Gasteiger charge is 2.12. The third-order valence-electron chi connectivity index (χ3n) is 1.80. The minimum Gasteiger partial charge on any atom is -0.399 e. The highest BCUT2D eigenvalue weighted by molar-refractivity contribution is 7.70. The topological polar surface area (TPSA) is 43.1 Å². The van der Waals surface area contributed by atoms with Gasteiger partial charge in [0, 0.05) is 11.0 Å². The van der Waals surface area contributed by atoms with E-state index in [4.69, 9.17) is 5.73 Å². The largest absolute Gasteiger partial charge is 0.399 e. The van der Waals surface area contributed by atoms with E-state index in [0.717, 1.165) is 16.6 Å². The number of anilines is 1. The molecule has 0 atom stereocenters. The van der Waals surface area contributed by atoms with Crippen molar-refractivity contribution in [2.45, 2.75) is 6.92 Å². The molecule has 0 heterocycles. The van der Waals surface area contributed by atoms with Gasteiger partial charge in [0.1, 0.15) is 7.14 Å². The van der Waals surface area contributed by atoms with Gasteiger partial charge >= 0.3 is 0 Å². The lowest BCUT2D eigenvalue weighted by molar-refractivity contribution is 0.588. The summed E-state index contributed by atoms with van der Waals surface area (Å²) in [6.07, 6.45) is 0. The fourth-order valence-corrected chi connectivity index (χ4v) is 2.63. The molecule has 0 amide bonds. The first kappa shape index (κ1) is 9.34. The molecule has 0 aliphatic rings. The van der Waals surface area contributed by atoms with E-state index in [9.17, 15) is 4.57 Å². The molecule has 2 nitrogen and oxygen atoms in total. The second-order valence-electron chi connectivity index (χ2n) is 3.40. The molecule has 12 heavy (non-hydrogen) atoms. The number of nitrogen functional groups attached to an aromatic ring is 1. The Morgan fingerprint density at radius 2 is 1.92 bits per heavy atom. The van der Waals surface area contributed by atoms with Crippen molar-refractivity contribution in [1.29, 1.82) is 0 Å². The van der Waals surface area contributed by atoms with Crippen molar-refractivity contribution in [2.75, 3.05) is 19.1 Å². The lowest BCUT2D eigenvalue weighted by atomic mass is 10.2. The van der Waals surface area contributed by atoms with Gasteiger partial charge in [-0.15, -0.1) is 0 Å². The molecule has 0 fully saturated rings. The van der Waals surface area contributed by atoms with Crippen LogP contribution in [0.15, 0.2) is 18.2 Å². The van der Waals surface area contributed by atoms with Crippen LogP contribution in [0.4, 0.5) is 5.69 Å². The van der Waals surface area contributed by atoms with E-state index in [0.29, 0.717) is 0 Å². The number of aryl methyl sites for hydroxylation is 1. The quantitative estimate of drug-likeness (QED) is 0.533. The Morgan fingerprint density at radius 1 is 1.33 bits per heavy atom. The molecule has 0 unspecified atom stereocenters. The number of hydrogen-bond acceptors (Lipinski definition) is 2. The number of nitrogens with two attached hydrogens (primary N) is 1. The smallest absolute Gasteiger partial charge is 0.110 e. The first-order valence-electron chi connectivity index (χ1n) is 3.83. The summed E-state index contributed by atoms with van der Waals surface area (Å²) >= 11 is 0. The summed E-state index contributed by atoms with van der Waals surface area (Å²) in [7, 11) is -2.13. The average molecular weight is 183 g/mol. The van der Waals surface area contributed by atoms with Crippen molar-refractivity contribution in [3.8, 4) is 0 Å². The van der Waals surface area contributed by atoms with Crippen LogP contribution in [0.25, 0.3) is 0 Å². The summed E-state index contributed by atoms with van der Waals surface area (Å²) in [5.74, 6) is 0. The molecule has 66 valence electrons. The molecule has 1 aromatic rings. The van der Waals surface area contributed by atoms with Gasteiger partial charge in [-0.05, 0) is 44.0 Å². The minimum atomic E-state index is -2.13. The van der Waals surface area contributed by atoms with Gasteiger partial charge in [0.15, 0.2) is 0 Å². The Kier molecular flexibility index (Phi) is 2.29. The number of benzene rings is 1. The van der Waals surface area contributed by atoms with Crippen LogP contribution < -0.4 is 11.0 Å². The van der Waals surface area contributed by atoms with Crippen molar-refractivity contribution in [3.05, 3.63) is 23.8 Å². The summed E-state index contributed by atoms with van der Waals surface area (Å²) in [5, 5.41) is 0.928. The predicted octanol–water partition coefficient (Wildman–Crippen LogP) is 1.83. The molecule has 0 aliphatic heterocycles. The lowest BCUT2D eigenvalue weighted by Crippen LogP contribution is -2.07. The molecule has 1 rings (SSSR count). The summed E-state index contributed by atoms with van der Waals surface area (Å²) in [6, 6.07) is 5.50. The van der Waals surface area contributed by atoms with E-state index in [1.165, 1.54) is 0 Å². The molecule has 2 N–H and O–H groups in total. The van der Waals surface area contributed by atoms with Crippen LogP contribution in [0.1, 0.15) is 5.56 Å². The molecule has 0 aliphatic carbocycles. The third kappa shape index (κ3) is 1.89. The van der Waals surface area contributed by atoms with E-state index in [2.05, 4.69) is 0 Å². The summed E-state index contributed by atoms with van der Waals surface area (Å²) in [6.45, 7) is 5.47. The van der Waals surface area contributed by atoms with E-state index < -0.39 is 7.14 Å². The highest BCUT2D eigenvalue weighted by atomic mass is 31.2. The monoisotopic (exact) mass is 183 g/mol. The van der Waals surface area contributed by atoms with Gasteiger partial charge in [0.25, 0.3) is 0 Å². The second kappa shape index (κ2) is 2.95. The molecule has 0 bridgehead atoms. The van der Waals surface area contributed by atoms with Gasteiger partial charge in [-0.3, -0.25) is 0 Å². The molecular formula is C9H14NOP. The Bertz CT molecular complexity index is 340. The number of rotatable bonds is 1. The van der Waals surface area contributed by atoms with E-state index >= 15 is 0 Å². The zero-order chi connectivity index (χ0) is 9.35. The SMILES string of the molecule is Cc1cc(N)ccc1P(C)(C)=O. The maximum atomic E-state index is 11.7. The van der Waals surface area contributed by atoms with Crippen molar-refractivity contribution >= 4 is 18.1 Å². The standard InChI is InChI=1S/C9H14NOP/c1-7-6-8(10)4-5-9(7)12(2,3)11/h4-6H,10H2,1-3H3. The van der Waals surface area contributed by atoms with E-state index in [-0.39, 0.29) is 0 Å². The summed E-state index contributed by atoms with van der Waals surface area (Å²) < 4.78 is 11.7. The molecule has 1 aromatic carbocycles. The molecule has 0 saturated heterocycles. The average Bonchev–Trinajstić information content (AvgIpc) is 1.83. The Morgan fingerprint density at radius 3 is 2.33 bits per heavy atom. The number of hydrogen-bond donors (Lipinski definition) is 1. The van der Waals surface area contributed by atoms with Gasteiger partial charge in [-0.25, -0.2) is 0 Å². The summed E-state index contributed by atoms with van der Waals surface area (Å²) in [5.41, 5.74) is 7.32. The fourth-order valence-electron chi connectivity index (χ4n) is 1.28. The van der Waals surface area contributed by atoms with Crippen molar-refractivity contribution in [1.82, 2.24) is 0 Å². The van der Waals surface area contributed by atoms with Crippen LogP contribution in [0.5, 0.6) is 0 Å². The van der Waals surface area contributed by atoms with Crippen LogP contribution in [0, 0.1) is 6.92 Å². The van der Waals surface area contributed by atoms with Crippen LogP contribution in [0.2, 0.25) is 0 Å². The van der Waals surface area contributed by atoms with Crippen LogP contribution in [0.3, 0.4) is 0 Å². The first-order valence-corrected chi connectivity index (χ1v) is 6.43. The van der Waals surface area contributed by atoms with Crippen molar-refractivity contribution in [2.24, 2.45) is 0 Å². The van der Waals surface area contributed by atoms with Crippen LogP contribution >= 0.6 is 7.14 Å². The van der Waals surface area contributed by atoms with Crippen LogP contribution in [-0.4, -0.2) is 13.3 Å². The minimum absolute atomic E-state index is 0.727. The van der Waals surface area contributed by atoms with E-state index in [1.54, 1.807) is 19.4 Å². The third-order valence-corrected chi connectivity index (χ3v) is 3.46. The molecule has 0 radical (unpaired) electrons. The highest BCUT2D eigenvalue weighted by Crippen LogP contribution is 2.36. The molecule has 0 spiro atoms. The van der Waals surface area contributed by atoms with Gasteiger partial charge < -0.3 is 10.3 Å². The van der Waals surface area contributed by atoms with E-state index in [1.807, 2.05) is 19.1 Å². The Labute approximate surface area is 73.2 Å². The van der Waals surface area contributed by atoms with Crippen molar-refractivity contribution < 1.29 is 4.57 Å². The maximum absolute atomic E-state index is 11.7. The maximum Gasteiger partial charge on any atom is 0.110 e. The fraction of sp³-hybridized carbons (Fsp3) is 0.333. The van der Waals surface area contributed by atoms with Gasteiger partial charge in [0.2, 0.25) is 0 Å². The molecular weight excluding hydrogens is 169 g/mol. The Hall–Kier alpha value is -0.750. The summed E-state index contributed by atoms with van der Waals surface area (Å²) in [4.78, 5) is 0. The molecule has 3 heteroatoms. The van der Waals surface area contributed by atoms with Gasteiger partial charge in [0.05, 0.1) is 0 Å². The normalized spacial score (nSPS) is 11.6. The molecule has 0 saturated carbocycles. The first-order chi connectivity index (χ1) is 5.41. The predicted molar refractivity (Wildman–Crippen MR) is 54.7 cm³/mol. The van der Waals surface area contributed by atoms with Crippen molar-refractivity contribution in [3.63, 3.8) is 0 Å². The van der Waals surface area contributed by atoms with Crippen LogP contribution in [-0.2, 0) is 4.57 Å². The molecule has 0 aromatic heterocycles. The zero-order valence-corrected chi connectivity index (χ0v) is 8.56.